The lowest BCUT2D eigenvalue weighted by Gasteiger charge is -2.23. The van der Waals surface area contributed by atoms with Crippen LogP contribution in [0.15, 0.2) is 24.3 Å². The van der Waals surface area contributed by atoms with Gasteiger partial charge in [-0.25, -0.2) is 4.39 Å². The molecule has 2 rings (SSSR count). The van der Waals surface area contributed by atoms with Crippen LogP contribution in [0.4, 0.5) is 4.39 Å². The van der Waals surface area contributed by atoms with E-state index in [-0.39, 0.29) is 18.2 Å². The molecule has 90 valence electrons. The summed E-state index contributed by atoms with van der Waals surface area (Å²) in [4.78, 5) is 2.22. The summed E-state index contributed by atoms with van der Waals surface area (Å²) in [6.45, 7) is 2.79. The Morgan fingerprint density at radius 1 is 1.44 bits per heavy atom. The number of halogens is 2. The summed E-state index contributed by atoms with van der Waals surface area (Å²) in [6.07, 6.45) is 1.16. The summed E-state index contributed by atoms with van der Waals surface area (Å²) in [6, 6.07) is 7.55. The van der Waals surface area contributed by atoms with Crippen molar-refractivity contribution in [1.82, 2.24) is 10.2 Å². The molecule has 1 heterocycles. The fourth-order valence-electron chi connectivity index (χ4n) is 2.04. The Morgan fingerprint density at radius 3 is 2.81 bits per heavy atom. The van der Waals surface area contributed by atoms with Gasteiger partial charge in [-0.1, -0.05) is 18.2 Å². The van der Waals surface area contributed by atoms with Crippen molar-refractivity contribution in [3.63, 3.8) is 0 Å². The molecule has 16 heavy (non-hydrogen) atoms. The summed E-state index contributed by atoms with van der Waals surface area (Å²) >= 11 is 0. The maximum atomic E-state index is 13.4. The lowest BCUT2D eigenvalue weighted by atomic mass is 10.1. The largest absolute Gasteiger partial charge is 0.315 e. The first kappa shape index (κ1) is 13.4. The number of benzene rings is 1. The van der Waals surface area contributed by atoms with Gasteiger partial charge in [-0.05, 0) is 26.1 Å². The van der Waals surface area contributed by atoms with E-state index in [0.29, 0.717) is 12.6 Å². The van der Waals surface area contributed by atoms with Gasteiger partial charge in [-0.3, -0.25) is 4.90 Å². The Labute approximate surface area is 102 Å². The highest BCUT2D eigenvalue weighted by Crippen LogP contribution is 2.13. The number of rotatable bonds is 3. The molecule has 1 aliphatic rings. The van der Waals surface area contributed by atoms with Gasteiger partial charge < -0.3 is 5.32 Å². The molecule has 0 saturated carbocycles. The highest BCUT2D eigenvalue weighted by Gasteiger charge is 2.19. The summed E-state index contributed by atoms with van der Waals surface area (Å²) in [5.41, 5.74) is 0.784. The van der Waals surface area contributed by atoms with Crippen LogP contribution in [-0.4, -0.2) is 31.1 Å². The number of hydrogen-bond donors (Lipinski definition) is 1. The van der Waals surface area contributed by atoms with E-state index >= 15 is 0 Å². The molecule has 1 aromatic rings. The zero-order valence-electron chi connectivity index (χ0n) is 9.45. The standard InChI is InChI=1S/C12H17FN2.ClH/c1-15(11-6-7-14-8-11)9-10-4-2-3-5-12(10)13;/h2-5,11,14H,6-9H2,1H3;1H. The number of nitrogens with one attached hydrogen (secondary N) is 1. The van der Waals surface area contributed by atoms with Crippen molar-refractivity contribution in [3.8, 4) is 0 Å². The van der Waals surface area contributed by atoms with Gasteiger partial charge in [0.2, 0.25) is 0 Å². The minimum atomic E-state index is -0.102. The normalized spacial score (nSPS) is 19.8. The van der Waals surface area contributed by atoms with Gasteiger partial charge in [0.05, 0.1) is 0 Å². The van der Waals surface area contributed by atoms with Crippen LogP contribution in [0.2, 0.25) is 0 Å². The Kier molecular flexibility index (Phi) is 5.19. The molecular formula is C12H18ClFN2. The van der Waals surface area contributed by atoms with E-state index in [4.69, 9.17) is 0 Å². The van der Waals surface area contributed by atoms with Gasteiger partial charge in [0, 0.05) is 24.7 Å². The average molecular weight is 245 g/mol. The minimum absolute atomic E-state index is 0. The quantitative estimate of drug-likeness (QED) is 0.876. The van der Waals surface area contributed by atoms with Crippen molar-refractivity contribution in [1.29, 1.82) is 0 Å². The second kappa shape index (κ2) is 6.18. The van der Waals surface area contributed by atoms with Crippen molar-refractivity contribution >= 4 is 12.4 Å². The first-order chi connectivity index (χ1) is 7.27. The van der Waals surface area contributed by atoms with E-state index in [2.05, 4.69) is 17.3 Å². The monoisotopic (exact) mass is 244 g/mol. The maximum absolute atomic E-state index is 13.4. The molecule has 1 saturated heterocycles. The molecule has 0 radical (unpaired) electrons. The molecular weight excluding hydrogens is 227 g/mol. The predicted octanol–water partition coefficient (Wildman–Crippen LogP) is 2.04. The number of likely N-dealkylation sites (N-methyl/N-ethyl adjacent to an activating group) is 1. The lowest BCUT2D eigenvalue weighted by molar-refractivity contribution is 0.245. The van der Waals surface area contributed by atoms with Crippen LogP contribution in [-0.2, 0) is 6.54 Å². The molecule has 1 atom stereocenters. The topological polar surface area (TPSA) is 15.3 Å². The van der Waals surface area contributed by atoms with Crippen LogP contribution in [0.25, 0.3) is 0 Å². The first-order valence-electron chi connectivity index (χ1n) is 5.42. The molecule has 0 aromatic heterocycles. The second-order valence-electron chi connectivity index (χ2n) is 4.15. The van der Waals surface area contributed by atoms with E-state index in [0.717, 1.165) is 25.1 Å². The molecule has 0 spiro atoms. The third-order valence-electron chi connectivity index (χ3n) is 3.04. The zero-order chi connectivity index (χ0) is 10.7. The van der Waals surface area contributed by atoms with Crippen molar-refractivity contribution in [2.75, 3.05) is 20.1 Å². The lowest BCUT2D eigenvalue weighted by Crippen LogP contribution is -2.33. The molecule has 0 bridgehead atoms. The van der Waals surface area contributed by atoms with Crippen molar-refractivity contribution < 1.29 is 4.39 Å². The Morgan fingerprint density at radius 2 is 2.19 bits per heavy atom. The number of hydrogen-bond acceptors (Lipinski definition) is 2. The van der Waals surface area contributed by atoms with Gasteiger partial charge in [0.25, 0.3) is 0 Å². The molecule has 1 N–H and O–H groups in total. The van der Waals surface area contributed by atoms with Crippen LogP contribution < -0.4 is 5.32 Å². The van der Waals surface area contributed by atoms with Crippen molar-refractivity contribution in [3.05, 3.63) is 35.6 Å². The van der Waals surface area contributed by atoms with Crippen LogP contribution in [0.1, 0.15) is 12.0 Å². The van der Waals surface area contributed by atoms with E-state index in [9.17, 15) is 4.39 Å². The second-order valence-corrected chi connectivity index (χ2v) is 4.15. The highest BCUT2D eigenvalue weighted by atomic mass is 35.5. The Balaban J connectivity index is 0.00000128. The van der Waals surface area contributed by atoms with Gasteiger partial charge in [-0.15, -0.1) is 12.4 Å². The molecule has 0 aliphatic carbocycles. The van der Waals surface area contributed by atoms with Gasteiger partial charge >= 0.3 is 0 Å². The molecule has 0 amide bonds. The van der Waals surface area contributed by atoms with Gasteiger partial charge in [0.15, 0.2) is 0 Å². The van der Waals surface area contributed by atoms with E-state index in [1.165, 1.54) is 6.07 Å². The zero-order valence-corrected chi connectivity index (χ0v) is 10.3. The predicted molar refractivity (Wildman–Crippen MR) is 66.4 cm³/mol. The van der Waals surface area contributed by atoms with E-state index < -0.39 is 0 Å². The Bertz CT molecular complexity index is 327. The molecule has 1 aliphatic heterocycles. The molecule has 2 nitrogen and oxygen atoms in total. The fraction of sp³-hybridized carbons (Fsp3) is 0.500. The summed E-state index contributed by atoms with van der Waals surface area (Å²) < 4.78 is 13.4. The van der Waals surface area contributed by atoms with Crippen LogP contribution in [0.5, 0.6) is 0 Å². The molecule has 1 unspecified atom stereocenters. The van der Waals surface area contributed by atoms with Crippen LogP contribution in [0.3, 0.4) is 0 Å². The Hall–Kier alpha value is -0.640. The average Bonchev–Trinajstić information content (AvgIpc) is 2.74. The van der Waals surface area contributed by atoms with Crippen molar-refractivity contribution in [2.45, 2.75) is 19.0 Å². The molecule has 4 heteroatoms. The van der Waals surface area contributed by atoms with Gasteiger partial charge in [0.1, 0.15) is 5.82 Å². The summed E-state index contributed by atoms with van der Waals surface area (Å²) in [7, 11) is 2.06. The van der Waals surface area contributed by atoms with Crippen LogP contribution >= 0.6 is 12.4 Å². The summed E-state index contributed by atoms with van der Waals surface area (Å²) in [5, 5.41) is 3.32. The smallest absolute Gasteiger partial charge is 0.127 e. The van der Waals surface area contributed by atoms with Gasteiger partial charge in [-0.2, -0.15) is 0 Å². The third kappa shape index (κ3) is 3.17. The van der Waals surface area contributed by atoms with Crippen LogP contribution in [0, 0.1) is 5.82 Å². The number of nitrogens with zero attached hydrogens (tertiary/aromatic N) is 1. The molecule has 1 aromatic carbocycles. The summed E-state index contributed by atoms with van der Waals surface area (Å²) in [5.74, 6) is -0.102. The van der Waals surface area contributed by atoms with Crippen molar-refractivity contribution in [2.24, 2.45) is 0 Å². The highest BCUT2D eigenvalue weighted by molar-refractivity contribution is 5.85. The maximum Gasteiger partial charge on any atom is 0.127 e. The van der Waals surface area contributed by atoms with E-state index in [1.807, 2.05) is 12.1 Å². The SMILES string of the molecule is CN(Cc1ccccc1F)C1CCNC1.Cl. The minimum Gasteiger partial charge on any atom is -0.315 e. The van der Waals surface area contributed by atoms with E-state index in [1.54, 1.807) is 6.07 Å². The first-order valence-corrected chi connectivity index (χ1v) is 5.42. The molecule has 1 fully saturated rings. The fourth-order valence-corrected chi connectivity index (χ4v) is 2.04. The third-order valence-corrected chi connectivity index (χ3v) is 3.04.